The first-order chi connectivity index (χ1) is 7.05. The second kappa shape index (κ2) is 3.84. The van der Waals surface area contributed by atoms with Gasteiger partial charge in [0.15, 0.2) is 5.69 Å². The zero-order chi connectivity index (χ0) is 10.9. The predicted octanol–water partition coefficient (Wildman–Crippen LogP) is 1.85. The molecule has 0 aliphatic carbocycles. The summed E-state index contributed by atoms with van der Waals surface area (Å²) < 4.78 is 41.2. The Kier molecular flexibility index (Phi) is 2.68. The predicted molar refractivity (Wildman–Crippen MR) is 46.2 cm³/mol. The molecule has 0 saturated carbocycles. The number of nitrogens with one attached hydrogen (secondary N) is 1. The molecule has 84 valence electrons. The number of rotatable bonds is 2. The van der Waals surface area contributed by atoms with Gasteiger partial charge in [0.05, 0.1) is 0 Å². The van der Waals surface area contributed by atoms with Crippen LogP contribution in [-0.2, 0) is 12.6 Å². The Bertz CT molecular complexity index is 328. The van der Waals surface area contributed by atoms with Gasteiger partial charge in [-0.1, -0.05) is 5.16 Å². The first-order valence-corrected chi connectivity index (χ1v) is 4.79. The lowest BCUT2D eigenvalue weighted by Gasteiger charge is -2.02. The number of hydrogen-bond acceptors (Lipinski definition) is 3. The van der Waals surface area contributed by atoms with E-state index in [-0.39, 0.29) is 0 Å². The summed E-state index contributed by atoms with van der Waals surface area (Å²) >= 11 is 0. The van der Waals surface area contributed by atoms with E-state index < -0.39 is 11.9 Å². The maximum absolute atomic E-state index is 12.2. The summed E-state index contributed by atoms with van der Waals surface area (Å²) in [6.07, 6.45) is -2.91. The van der Waals surface area contributed by atoms with Crippen LogP contribution in [0.3, 0.4) is 0 Å². The quantitative estimate of drug-likeness (QED) is 0.826. The molecule has 2 heterocycles. The molecular formula is C9H11F3N2O. The van der Waals surface area contributed by atoms with E-state index in [4.69, 9.17) is 0 Å². The Balaban J connectivity index is 2.00. The van der Waals surface area contributed by atoms with Crippen LogP contribution in [0.5, 0.6) is 0 Å². The van der Waals surface area contributed by atoms with Crippen molar-refractivity contribution in [2.75, 3.05) is 13.1 Å². The van der Waals surface area contributed by atoms with E-state index in [9.17, 15) is 13.2 Å². The molecule has 1 aliphatic heterocycles. The molecule has 1 aromatic rings. The van der Waals surface area contributed by atoms with E-state index in [0.29, 0.717) is 18.1 Å². The van der Waals surface area contributed by atoms with Crippen LogP contribution < -0.4 is 5.32 Å². The van der Waals surface area contributed by atoms with Crippen molar-refractivity contribution < 1.29 is 17.7 Å². The van der Waals surface area contributed by atoms with Crippen LogP contribution in [0.15, 0.2) is 10.6 Å². The van der Waals surface area contributed by atoms with Crippen molar-refractivity contribution in [3.8, 4) is 0 Å². The van der Waals surface area contributed by atoms with Crippen LogP contribution in [0.2, 0.25) is 0 Å². The van der Waals surface area contributed by atoms with E-state index in [1.807, 2.05) is 0 Å². The Morgan fingerprint density at radius 1 is 1.53 bits per heavy atom. The van der Waals surface area contributed by atoms with E-state index in [1.165, 1.54) is 0 Å². The van der Waals surface area contributed by atoms with Crippen molar-refractivity contribution in [3.05, 3.63) is 17.5 Å². The van der Waals surface area contributed by atoms with Crippen LogP contribution in [0, 0.1) is 5.92 Å². The van der Waals surface area contributed by atoms with Gasteiger partial charge in [-0.05, 0) is 25.4 Å². The number of halogens is 3. The van der Waals surface area contributed by atoms with Crippen molar-refractivity contribution >= 4 is 0 Å². The molecule has 15 heavy (non-hydrogen) atoms. The Labute approximate surface area is 84.6 Å². The molecule has 0 amide bonds. The third kappa shape index (κ3) is 2.50. The molecule has 3 nitrogen and oxygen atoms in total. The average molecular weight is 220 g/mol. The van der Waals surface area contributed by atoms with Crippen molar-refractivity contribution in [1.29, 1.82) is 0 Å². The summed E-state index contributed by atoms with van der Waals surface area (Å²) in [5.74, 6) is 0.676. The molecule has 1 unspecified atom stereocenters. The molecule has 0 aromatic carbocycles. The normalized spacial score (nSPS) is 22.2. The van der Waals surface area contributed by atoms with Crippen LogP contribution >= 0.6 is 0 Å². The Hall–Kier alpha value is -1.04. The molecular weight excluding hydrogens is 209 g/mol. The van der Waals surface area contributed by atoms with Gasteiger partial charge in [-0.25, -0.2) is 0 Å². The minimum absolute atomic E-state index is 0.316. The summed E-state index contributed by atoms with van der Waals surface area (Å²) in [6.45, 7) is 1.76. The zero-order valence-electron chi connectivity index (χ0n) is 7.97. The highest BCUT2D eigenvalue weighted by Crippen LogP contribution is 2.29. The van der Waals surface area contributed by atoms with E-state index in [2.05, 4.69) is 15.0 Å². The fourth-order valence-corrected chi connectivity index (χ4v) is 1.72. The van der Waals surface area contributed by atoms with Crippen molar-refractivity contribution in [3.63, 3.8) is 0 Å². The highest BCUT2D eigenvalue weighted by Gasteiger charge is 2.35. The average Bonchev–Trinajstić information content (AvgIpc) is 2.73. The summed E-state index contributed by atoms with van der Waals surface area (Å²) in [4.78, 5) is 0. The van der Waals surface area contributed by atoms with Gasteiger partial charge >= 0.3 is 6.18 Å². The van der Waals surface area contributed by atoms with Gasteiger partial charge in [0.25, 0.3) is 0 Å². The van der Waals surface area contributed by atoms with Crippen LogP contribution in [0.4, 0.5) is 13.2 Å². The SMILES string of the molecule is FC(F)(F)c1cc(CC2CCNC2)on1. The second-order valence-corrected chi connectivity index (χ2v) is 3.74. The molecule has 1 aromatic heterocycles. The number of hydrogen-bond donors (Lipinski definition) is 1. The van der Waals surface area contributed by atoms with Gasteiger partial charge in [0.1, 0.15) is 5.76 Å². The van der Waals surface area contributed by atoms with Gasteiger partial charge in [0, 0.05) is 12.5 Å². The molecule has 0 bridgehead atoms. The minimum atomic E-state index is -4.41. The maximum atomic E-state index is 12.2. The topological polar surface area (TPSA) is 38.1 Å². The van der Waals surface area contributed by atoms with Crippen molar-refractivity contribution in [1.82, 2.24) is 10.5 Å². The van der Waals surface area contributed by atoms with Crippen LogP contribution in [0.1, 0.15) is 17.9 Å². The smallest absolute Gasteiger partial charge is 0.361 e. The summed E-state index contributed by atoms with van der Waals surface area (Å²) in [5.41, 5.74) is -0.941. The summed E-state index contributed by atoms with van der Waals surface area (Å²) in [5, 5.41) is 6.15. The standard InChI is InChI=1S/C9H11F3N2O/c10-9(11,12)8-4-7(15-14-8)3-6-1-2-13-5-6/h4,6,13H,1-3,5H2. The lowest BCUT2D eigenvalue weighted by atomic mass is 10.0. The van der Waals surface area contributed by atoms with Crippen molar-refractivity contribution in [2.24, 2.45) is 5.92 Å². The molecule has 0 spiro atoms. The maximum Gasteiger partial charge on any atom is 0.436 e. The highest BCUT2D eigenvalue weighted by molar-refractivity contribution is 5.09. The third-order valence-electron chi connectivity index (χ3n) is 2.50. The third-order valence-corrected chi connectivity index (χ3v) is 2.50. The number of alkyl halides is 3. The molecule has 1 atom stereocenters. The van der Waals surface area contributed by atoms with E-state index in [0.717, 1.165) is 25.6 Å². The van der Waals surface area contributed by atoms with Gasteiger partial charge in [0.2, 0.25) is 0 Å². The molecule has 1 N–H and O–H groups in total. The van der Waals surface area contributed by atoms with E-state index in [1.54, 1.807) is 0 Å². The number of aromatic nitrogens is 1. The second-order valence-electron chi connectivity index (χ2n) is 3.74. The fraction of sp³-hybridized carbons (Fsp3) is 0.667. The molecule has 1 fully saturated rings. The molecule has 1 aliphatic rings. The first kappa shape index (κ1) is 10.5. The summed E-state index contributed by atoms with van der Waals surface area (Å²) in [7, 11) is 0. The lowest BCUT2D eigenvalue weighted by molar-refractivity contribution is -0.142. The van der Waals surface area contributed by atoms with Gasteiger partial charge < -0.3 is 9.84 Å². The lowest BCUT2D eigenvalue weighted by Crippen LogP contribution is -2.10. The number of nitrogens with zero attached hydrogens (tertiary/aromatic N) is 1. The Morgan fingerprint density at radius 3 is 2.87 bits per heavy atom. The van der Waals surface area contributed by atoms with Gasteiger partial charge in [-0.15, -0.1) is 0 Å². The molecule has 1 saturated heterocycles. The molecule has 0 radical (unpaired) electrons. The van der Waals surface area contributed by atoms with Crippen LogP contribution in [0.25, 0.3) is 0 Å². The molecule has 2 rings (SSSR count). The summed E-state index contributed by atoms with van der Waals surface area (Å²) in [6, 6.07) is 0.984. The first-order valence-electron chi connectivity index (χ1n) is 4.79. The van der Waals surface area contributed by atoms with Gasteiger partial charge in [-0.3, -0.25) is 0 Å². The fourth-order valence-electron chi connectivity index (χ4n) is 1.72. The monoisotopic (exact) mass is 220 g/mol. The van der Waals surface area contributed by atoms with Gasteiger partial charge in [-0.2, -0.15) is 13.2 Å². The van der Waals surface area contributed by atoms with Crippen molar-refractivity contribution in [2.45, 2.75) is 19.0 Å². The zero-order valence-corrected chi connectivity index (χ0v) is 7.97. The Morgan fingerprint density at radius 2 is 2.33 bits per heavy atom. The molecule has 6 heteroatoms. The highest BCUT2D eigenvalue weighted by atomic mass is 19.4. The van der Waals surface area contributed by atoms with E-state index >= 15 is 0 Å². The largest absolute Gasteiger partial charge is 0.436 e. The van der Waals surface area contributed by atoms with Crippen LogP contribution in [-0.4, -0.2) is 18.2 Å². The minimum Gasteiger partial charge on any atom is -0.361 e.